The predicted molar refractivity (Wildman–Crippen MR) is 69.2 cm³/mol. The average molecular weight is 256 g/mol. The number of nitrogens with two attached hydrogens (primary N) is 1. The van der Waals surface area contributed by atoms with Crippen LogP contribution >= 0.6 is 0 Å². The minimum Gasteiger partial charge on any atom is -0.321 e. The van der Waals surface area contributed by atoms with Crippen LogP contribution in [0.3, 0.4) is 0 Å². The molecule has 3 atom stereocenters. The summed E-state index contributed by atoms with van der Waals surface area (Å²) in [5, 5.41) is 2.62. The Morgan fingerprint density at radius 3 is 2.76 bits per heavy atom. The fourth-order valence-electron chi connectivity index (χ4n) is 2.65. The molecule has 1 heterocycles. The number of piperidine rings is 1. The van der Waals surface area contributed by atoms with Gasteiger partial charge in [-0.05, 0) is 31.7 Å². The largest absolute Gasteiger partial charge is 0.321 e. The van der Waals surface area contributed by atoms with E-state index in [2.05, 4.69) is 11.4 Å². The van der Waals surface area contributed by atoms with Crippen molar-refractivity contribution in [2.45, 2.75) is 30.2 Å². The molecule has 0 aromatic heterocycles. The zero-order chi connectivity index (χ0) is 12.5. The maximum Gasteiger partial charge on any atom is 0.163 e. The Bertz CT molecular complexity index is 441. The smallest absolute Gasteiger partial charge is 0.163 e. The second-order valence-corrected chi connectivity index (χ2v) is 7.33. The summed E-state index contributed by atoms with van der Waals surface area (Å²) >= 11 is 0. The van der Waals surface area contributed by atoms with Gasteiger partial charge in [0.1, 0.15) is 5.37 Å². The van der Waals surface area contributed by atoms with Gasteiger partial charge in [0, 0.05) is 11.8 Å². The van der Waals surface area contributed by atoms with Gasteiger partial charge in [-0.25, -0.2) is 8.42 Å². The third-order valence-corrected chi connectivity index (χ3v) is 5.16. The highest BCUT2D eigenvalue weighted by atomic mass is 32.2. The topological polar surface area (TPSA) is 72.2 Å². The summed E-state index contributed by atoms with van der Waals surface area (Å²) in [6.07, 6.45) is 11.6. The Balaban J connectivity index is 2.12. The zero-order valence-corrected chi connectivity index (χ0v) is 10.9. The van der Waals surface area contributed by atoms with Crippen LogP contribution in [0.4, 0.5) is 0 Å². The fraction of sp³-hybridized carbons (Fsp3) is 0.667. The zero-order valence-electron chi connectivity index (χ0n) is 10.1. The van der Waals surface area contributed by atoms with Gasteiger partial charge in [0.25, 0.3) is 0 Å². The van der Waals surface area contributed by atoms with Crippen LogP contribution in [0.25, 0.3) is 0 Å². The van der Waals surface area contributed by atoms with Crippen LogP contribution in [0, 0.1) is 5.92 Å². The highest BCUT2D eigenvalue weighted by Crippen LogP contribution is 2.33. The second kappa shape index (κ2) is 4.55. The highest BCUT2D eigenvalue weighted by Gasteiger charge is 2.38. The number of hydrogen-bond acceptors (Lipinski definition) is 4. The van der Waals surface area contributed by atoms with Crippen molar-refractivity contribution >= 4 is 9.84 Å². The molecular formula is C12H20N2O2S. The van der Waals surface area contributed by atoms with Crippen molar-refractivity contribution in [3.05, 3.63) is 24.3 Å². The molecule has 0 spiro atoms. The molecule has 0 bridgehead atoms. The van der Waals surface area contributed by atoms with Crippen LogP contribution in [0.2, 0.25) is 0 Å². The van der Waals surface area contributed by atoms with Gasteiger partial charge in [-0.3, -0.25) is 0 Å². The van der Waals surface area contributed by atoms with E-state index in [-0.39, 0.29) is 11.5 Å². The lowest BCUT2D eigenvalue weighted by Gasteiger charge is -2.40. The average Bonchev–Trinajstić information content (AvgIpc) is 2.29. The van der Waals surface area contributed by atoms with Crippen molar-refractivity contribution in [3.63, 3.8) is 0 Å². The molecule has 3 unspecified atom stereocenters. The molecule has 0 aromatic rings. The molecule has 17 heavy (non-hydrogen) atoms. The Hall–Kier alpha value is -0.650. The van der Waals surface area contributed by atoms with Crippen molar-refractivity contribution in [1.29, 1.82) is 0 Å². The summed E-state index contributed by atoms with van der Waals surface area (Å²) in [5.41, 5.74) is 6.00. The van der Waals surface area contributed by atoms with Gasteiger partial charge in [-0.2, -0.15) is 0 Å². The van der Waals surface area contributed by atoms with E-state index >= 15 is 0 Å². The number of sulfone groups is 1. The minimum atomic E-state index is -3.03. The van der Waals surface area contributed by atoms with Gasteiger partial charge in [0.15, 0.2) is 9.84 Å². The Morgan fingerprint density at radius 2 is 2.18 bits per heavy atom. The standard InChI is InChI=1S/C12H20N2O2S/c1-17(15,16)11-9-10(5-8-14-11)12(13)6-3-2-4-7-12/h2-4,6,10-11,14H,5,7-9,13H2,1H3. The van der Waals surface area contributed by atoms with Gasteiger partial charge in [-0.1, -0.05) is 24.3 Å². The monoisotopic (exact) mass is 256 g/mol. The maximum atomic E-state index is 11.6. The minimum absolute atomic E-state index is 0.227. The maximum absolute atomic E-state index is 11.6. The third-order valence-electron chi connectivity index (χ3n) is 3.77. The van der Waals surface area contributed by atoms with Crippen LogP contribution in [-0.2, 0) is 9.84 Å². The number of nitrogens with one attached hydrogen (secondary N) is 1. The molecule has 1 saturated heterocycles. The molecule has 2 aliphatic rings. The first kappa shape index (κ1) is 12.8. The Kier molecular flexibility index (Phi) is 3.43. The quantitative estimate of drug-likeness (QED) is 0.757. The molecule has 0 saturated carbocycles. The van der Waals surface area contributed by atoms with E-state index < -0.39 is 15.2 Å². The van der Waals surface area contributed by atoms with E-state index in [1.165, 1.54) is 6.26 Å². The molecule has 1 aliphatic heterocycles. The van der Waals surface area contributed by atoms with E-state index in [4.69, 9.17) is 5.73 Å². The molecule has 0 aromatic carbocycles. The number of hydrogen-bond donors (Lipinski definition) is 2. The molecule has 5 heteroatoms. The highest BCUT2D eigenvalue weighted by molar-refractivity contribution is 7.91. The van der Waals surface area contributed by atoms with E-state index in [9.17, 15) is 8.42 Å². The first-order valence-corrected chi connectivity index (χ1v) is 7.93. The van der Waals surface area contributed by atoms with Crippen molar-refractivity contribution in [1.82, 2.24) is 5.32 Å². The van der Waals surface area contributed by atoms with Gasteiger partial charge in [0.2, 0.25) is 0 Å². The summed E-state index contributed by atoms with van der Waals surface area (Å²) in [6.45, 7) is 0.721. The van der Waals surface area contributed by atoms with Crippen LogP contribution in [0.5, 0.6) is 0 Å². The van der Waals surface area contributed by atoms with Gasteiger partial charge in [0.05, 0.1) is 0 Å². The van der Waals surface area contributed by atoms with E-state index in [0.29, 0.717) is 6.42 Å². The van der Waals surface area contributed by atoms with Crippen LogP contribution in [-0.4, -0.2) is 32.1 Å². The molecular weight excluding hydrogens is 236 g/mol. The molecule has 96 valence electrons. The predicted octanol–water partition coefficient (Wildman–Crippen LogP) is 0.570. The lowest BCUT2D eigenvalue weighted by molar-refractivity contribution is 0.245. The first-order chi connectivity index (χ1) is 7.92. The summed E-state index contributed by atoms with van der Waals surface area (Å²) in [4.78, 5) is 0. The van der Waals surface area contributed by atoms with Gasteiger partial charge in [-0.15, -0.1) is 0 Å². The lowest BCUT2D eigenvalue weighted by Crippen LogP contribution is -2.53. The van der Waals surface area contributed by atoms with Crippen molar-refractivity contribution in [3.8, 4) is 0 Å². The van der Waals surface area contributed by atoms with Crippen LogP contribution in [0.1, 0.15) is 19.3 Å². The lowest BCUT2D eigenvalue weighted by atomic mass is 9.75. The summed E-state index contributed by atoms with van der Waals surface area (Å²) < 4.78 is 23.2. The summed E-state index contributed by atoms with van der Waals surface area (Å²) in [5.74, 6) is 0.227. The fourth-order valence-corrected chi connectivity index (χ4v) is 3.65. The Labute approximate surface area is 103 Å². The van der Waals surface area contributed by atoms with E-state index in [1.54, 1.807) is 0 Å². The van der Waals surface area contributed by atoms with Crippen LogP contribution < -0.4 is 11.1 Å². The number of allylic oxidation sites excluding steroid dienone is 2. The van der Waals surface area contributed by atoms with Crippen molar-refractivity contribution < 1.29 is 8.42 Å². The molecule has 3 N–H and O–H groups in total. The summed E-state index contributed by atoms with van der Waals surface area (Å²) in [7, 11) is -3.03. The first-order valence-electron chi connectivity index (χ1n) is 5.97. The molecule has 0 radical (unpaired) electrons. The van der Waals surface area contributed by atoms with E-state index in [1.807, 2.05) is 18.2 Å². The Morgan fingerprint density at radius 1 is 1.41 bits per heavy atom. The third kappa shape index (κ3) is 2.78. The summed E-state index contributed by atoms with van der Waals surface area (Å²) in [6, 6.07) is 0. The van der Waals surface area contributed by atoms with Crippen LogP contribution in [0.15, 0.2) is 24.3 Å². The molecule has 0 amide bonds. The van der Waals surface area contributed by atoms with Gasteiger partial charge >= 0.3 is 0 Å². The van der Waals surface area contributed by atoms with Gasteiger partial charge < -0.3 is 11.1 Å². The number of rotatable bonds is 2. The second-order valence-electron chi connectivity index (χ2n) is 5.10. The van der Waals surface area contributed by atoms with Crippen molar-refractivity contribution in [2.24, 2.45) is 11.7 Å². The molecule has 1 fully saturated rings. The van der Waals surface area contributed by atoms with Crippen molar-refractivity contribution in [2.75, 3.05) is 12.8 Å². The molecule has 4 nitrogen and oxygen atoms in total. The normalized spacial score (nSPS) is 38.2. The molecule has 2 rings (SSSR count). The molecule has 1 aliphatic carbocycles. The van der Waals surface area contributed by atoms with E-state index in [0.717, 1.165) is 19.4 Å². The SMILES string of the molecule is CS(=O)(=O)C1CC(C2(N)C=CC=CC2)CCN1.